The first-order chi connectivity index (χ1) is 13.1. The second-order valence-electron chi connectivity index (χ2n) is 7.91. The summed E-state index contributed by atoms with van der Waals surface area (Å²) < 4.78 is 8.19. The summed E-state index contributed by atoms with van der Waals surface area (Å²) in [4.78, 5) is 31.3. The van der Waals surface area contributed by atoms with Crippen molar-refractivity contribution >= 4 is 33.6 Å². The van der Waals surface area contributed by atoms with Gasteiger partial charge in [-0.15, -0.1) is 0 Å². The van der Waals surface area contributed by atoms with Gasteiger partial charge in [0.25, 0.3) is 5.91 Å². The van der Waals surface area contributed by atoms with E-state index < -0.39 is 5.60 Å². The highest BCUT2D eigenvalue weighted by Crippen LogP contribution is 2.25. The summed E-state index contributed by atoms with van der Waals surface area (Å²) in [5, 5.41) is 2.92. The minimum Gasteiger partial charge on any atom is -0.444 e. The van der Waals surface area contributed by atoms with Crippen molar-refractivity contribution in [3.05, 3.63) is 45.4 Å². The number of anilines is 1. The average molecular weight is 449 g/mol. The molecule has 2 amide bonds. The molecule has 28 heavy (non-hydrogen) atoms. The van der Waals surface area contributed by atoms with E-state index in [1.807, 2.05) is 57.5 Å². The Morgan fingerprint density at radius 3 is 2.68 bits per heavy atom. The van der Waals surface area contributed by atoms with Crippen LogP contribution in [0, 0.1) is 6.92 Å². The number of carbonyl (C=O) groups excluding carboxylic acids is 2. The number of ether oxygens (including phenoxy) is 1. The van der Waals surface area contributed by atoms with Gasteiger partial charge in [0.1, 0.15) is 5.60 Å². The predicted molar refractivity (Wildman–Crippen MR) is 110 cm³/mol. The largest absolute Gasteiger partial charge is 0.444 e. The smallest absolute Gasteiger partial charge is 0.410 e. The molecule has 0 atom stereocenters. The van der Waals surface area contributed by atoms with Crippen molar-refractivity contribution in [3.63, 3.8) is 0 Å². The summed E-state index contributed by atoms with van der Waals surface area (Å²) in [6.45, 7) is 8.32. The number of nitrogens with one attached hydrogen (secondary N) is 1. The number of imidazole rings is 1. The van der Waals surface area contributed by atoms with Crippen LogP contribution >= 0.6 is 15.9 Å². The van der Waals surface area contributed by atoms with Crippen molar-refractivity contribution in [1.82, 2.24) is 14.5 Å². The number of benzene rings is 1. The SMILES string of the molecule is Cc1c(Br)cccc1NC(=O)c1nc2c(n1C)CCN(C(=O)OC(C)(C)C)C2. The topological polar surface area (TPSA) is 76.5 Å². The van der Waals surface area contributed by atoms with E-state index in [0.717, 1.165) is 27.1 Å². The Kier molecular flexibility index (Phi) is 5.52. The monoisotopic (exact) mass is 448 g/mol. The molecule has 1 aliphatic heterocycles. The molecular weight excluding hydrogens is 424 g/mol. The van der Waals surface area contributed by atoms with Gasteiger partial charge in [0.15, 0.2) is 5.82 Å². The highest BCUT2D eigenvalue weighted by atomic mass is 79.9. The third kappa shape index (κ3) is 4.22. The number of amides is 2. The van der Waals surface area contributed by atoms with Gasteiger partial charge < -0.3 is 19.5 Å². The highest BCUT2D eigenvalue weighted by Gasteiger charge is 2.30. The number of aromatic nitrogens is 2. The molecule has 8 heteroatoms. The lowest BCUT2D eigenvalue weighted by Gasteiger charge is -2.29. The van der Waals surface area contributed by atoms with Crippen LogP contribution < -0.4 is 5.32 Å². The van der Waals surface area contributed by atoms with E-state index in [4.69, 9.17) is 4.74 Å². The first-order valence-electron chi connectivity index (χ1n) is 9.15. The molecule has 0 bridgehead atoms. The lowest BCUT2D eigenvalue weighted by Crippen LogP contribution is -2.40. The molecule has 1 aromatic carbocycles. The van der Waals surface area contributed by atoms with E-state index in [9.17, 15) is 9.59 Å². The average Bonchev–Trinajstić information content (AvgIpc) is 2.94. The molecule has 0 saturated heterocycles. The molecular formula is C20H25BrN4O3. The summed E-state index contributed by atoms with van der Waals surface area (Å²) in [6, 6.07) is 5.65. The fourth-order valence-corrected chi connectivity index (χ4v) is 3.50. The number of fused-ring (bicyclic) bond motifs is 1. The summed E-state index contributed by atoms with van der Waals surface area (Å²) in [6.07, 6.45) is 0.265. The molecule has 1 N–H and O–H groups in total. The van der Waals surface area contributed by atoms with Crippen LogP contribution in [0.2, 0.25) is 0 Å². The summed E-state index contributed by atoms with van der Waals surface area (Å²) in [5.74, 6) is 0.0531. The molecule has 0 radical (unpaired) electrons. The molecule has 0 saturated carbocycles. The van der Waals surface area contributed by atoms with Gasteiger partial charge in [0, 0.05) is 35.9 Å². The lowest BCUT2D eigenvalue weighted by atomic mass is 10.1. The molecule has 0 aliphatic carbocycles. The Morgan fingerprint density at radius 2 is 2.00 bits per heavy atom. The second-order valence-corrected chi connectivity index (χ2v) is 8.76. The van der Waals surface area contributed by atoms with Gasteiger partial charge >= 0.3 is 6.09 Å². The van der Waals surface area contributed by atoms with Crippen molar-refractivity contribution in [2.24, 2.45) is 7.05 Å². The number of halogens is 1. The molecule has 150 valence electrons. The quantitative estimate of drug-likeness (QED) is 0.751. The lowest BCUT2D eigenvalue weighted by molar-refractivity contribution is 0.0220. The van der Waals surface area contributed by atoms with Crippen LogP contribution in [-0.2, 0) is 24.8 Å². The summed E-state index contributed by atoms with van der Waals surface area (Å²) >= 11 is 3.47. The van der Waals surface area contributed by atoms with E-state index in [0.29, 0.717) is 25.3 Å². The van der Waals surface area contributed by atoms with Gasteiger partial charge in [-0.2, -0.15) is 0 Å². The maximum atomic E-state index is 12.8. The van der Waals surface area contributed by atoms with E-state index in [1.165, 1.54) is 0 Å². The molecule has 2 aromatic rings. The number of nitrogens with zero attached hydrogens (tertiary/aromatic N) is 3. The van der Waals surface area contributed by atoms with Gasteiger partial charge in [-0.05, 0) is 45.4 Å². The fraction of sp³-hybridized carbons (Fsp3) is 0.450. The Morgan fingerprint density at radius 1 is 1.29 bits per heavy atom. The predicted octanol–water partition coefficient (Wildman–Crippen LogP) is 4.04. The molecule has 2 heterocycles. The molecule has 1 aliphatic rings. The first kappa shape index (κ1) is 20.4. The van der Waals surface area contributed by atoms with Crippen LogP contribution in [0.25, 0.3) is 0 Å². The molecule has 7 nitrogen and oxygen atoms in total. The number of rotatable bonds is 2. The first-order valence-corrected chi connectivity index (χ1v) is 9.95. The zero-order valence-corrected chi connectivity index (χ0v) is 18.4. The van der Waals surface area contributed by atoms with Gasteiger partial charge in [0.05, 0.1) is 12.2 Å². The van der Waals surface area contributed by atoms with E-state index in [-0.39, 0.29) is 12.0 Å². The molecule has 0 fully saturated rings. The summed E-state index contributed by atoms with van der Waals surface area (Å²) in [7, 11) is 1.83. The Bertz CT molecular complexity index is 930. The number of hydrogen-bond donors (Lipinski definition) is 1. The second kappa shape index (κ2) is 7.58. The molecule has 0 unspecified atom stereocenters. The number of hydrogen-bond acceptors (Lipinski definition) is 4. The van der Waals surface area contributed by atoms with Crippen molar-refractivity contribution in [2.45, 2.75) is 46.3 Å². The maximum Gasteiger partial charge on any atom is 0.410 e. The Labute approximate surface area is 173 Å². The van der Waals surface area contributed by atoms with E-state index in [1.54, 1.807) is 4.90 Å². The van der Waals surface area contributed by atoms with Gasteiger partial charge in [-0.1, -0.05) is 22.0 Å². The van der Waals surface area contributed by atoms with Crippen LogP contribution in [-0.4, -0.2) is 38.6 Å². The van der Waals surface area contributed by atoms with Gasteiger partial charge in [0.2, 0.25) is 0 Å². The normalized spacial score (nSPS) is 13.9. The standard InChI is InChI=1S/C20H25BrN4O3/c1-12-13(21)7-6-8-14(12)23-18(26)17-22-15-11-25(10-9-16(15)24(17)5)19(27)28-20(2,3)4/h6-8H,9-11H2,1-5H3,(H,23,26). The minimum atomic E-state index is -0.547. The van der Waals surface area contributed by atoms with Crippen LogP contribution in [0.3, 0.4) is 0 Å². The van der Waals surface area contributed by atoms with Crippen LogP contribution in [0.5, 0.6) is 0 Å². The third-order valence-corrected chi connectivity index (χ3v) is 5.49. The molecule has 0 spiro atoms. The zero-order valence-electron chi connectivity index (χ0n) is 16.8. The van der Waals surface area contributed by atoms with Gasteiger partial charge in [-0.25, -0.2) is 9.78 Å². The van der Waals surface area contributed by atoms with Gasteiger partial charge in [-0.3, -0.25) is 4.79 Å². The van der Waals surface area contributed by atoms with Crippen molar-refractivity contribution in [3.8, 4) is 0 Å². The maximum absolute atomic E-state index is 12.8. The van der Waals surface area contributed by atoms with E-state index >= 15 is 0 Å². The third-order valence-electron chi connectivity index (χ3n) is 4.63. The molecule has 1 aromatic heterocycles. The van der Waals surface area contributed by atoms with Crippen LogP contribution in [0.15, 0.2) is 22.7 Å². The Hall–Kier alpha value is -2.35. The minimum absolute atomic E-state index is 0.276. The van der Waals surface area contributed by atoms with Crippen molar-refractivity contribution in [1.29, 1.82) is 0 Å². The zero-order chi connectivity index (χ0) is 20.6. The van der Waals surface area contributed by atoms with Crippen molar-refractivity contribution in [2.75, 3.05) is 11.9 Å². The Balaban J connectivity index is 1.78. The number of carbonyl (C=O) groups is 2. The highest BCUT2D eigenvalue weighted by molar-refractivity contribution is 9.10. The van der Waals surface area contributed by atoms with Crippen LogP contribution in [0.4, 0.5) is 10.5 Å². The van der Waals surface area contributed by atoms with Crippen LogP contribution in [0.1, 0.15) is 48.3 Å². The summed E-state index contributed by atoms with van der Waals surface area (Å²) in [5.41, 5.74) is 2.84. The molecule has 3 rings (SSSR count). The van der Waals surface area contributed by atoms with E-state index in [2.05, 4.69) is 26.2 Å². The fourth-order valence-electron chi connectivity index (χ4n) is 3.13. The van der Waals surface area contributed by atoms with Crippen molar-refractivity contribution < 1.29 is 14.3 Å².